The molecule has 3 nitrogen and oxygen atoms in total. The van der Waals surface area contributed by atoms with Crippen LogP contribution in [0.2, 0.25) is 0 Å². The predicted molar refractivity (Wildman–Crippen MR) is 36.9 cm³/mol. The smallest absolute Gasteiger partial charge is 0.358 e. The second-order valence-corrected chi connectivity index (χ2v) is 2.25. The van der Waals surface area contributed by atoms with Crippen LogP contribution in [0.5, 0.6) is 0 Å². The first-order valence-electron chi connectivity index (χ1n) is 2.65. The number of esters is 1. The molecule has 0 fully saturated rings. The normalized spacial score (nSPS) is 18.6. The summed E-state index contributed by atoms with van der Waals surface area (Å²) in [5.74, 6) is -0.338. The van der Waals surface area contributed by atoms with Gasteiger partial charge in [0.05, 0.1) is 0 Å². The molecular weight excluding hydrogens is 154 g/mol. The molecule has 0 unspecified atom stereocenters. The molecule has 10 heavy (non-hydrogen) atoms. The van der Waals surface area contributed by atoms with Crippen molar-refractivity contribution in [2.75, 3.05) is 0 Å². The van der Waals surface area contributed by atoms with Crippen molar-refractivity contribution in [1.82, 2.24) is 5.32 Å². The molecular formula is C6H6ClNO2. The predicted octanol–water partition coefficient (Wildman–Crippen LogP) is 1.07. The fourth-order valence-electron chi connectivity index (χ4n) is 0.599. The quantitative estimate of drug-likeness (QED) is 0.538. The summed E-state index contributed by atoms with van der Waals surface area (Å²) in [5, 5.41) is 2.75. The van der Waals surface area contributed by atoms with Crippen LogP contribution >= 0.6 is 11.6 Å². The lowest BCUT2D eigenvalue weighted by molar-refractivity contribution is -0.135. The zero-order chi connectivity index (χ0) is 7.72. The van der Waals surface area contributed by atoms with Crippen LogP contribution in [0.3, 0.4) is 0 Å². The summed E-state index contributed by atoms with van der Waals surface area (Å²) in [6.07, 6.45) is 0. The van der Waals surface area contributed by atoms with Gasteiger partial charge in [-0.05, 0) is 13.5 Å². The highest BCUT2D eigenvalue weighted by molar-refractivity contribution is 6.41. The summed E-state index contributed by atoms with van der Waals surface area (Å²) in [4.78, 5) is 10.7. The molecule has 0 amide bonds. The van der Waals surface area contributed by atoms with E-state index in [1.807, 2.05) is 0 Å². The van der Waals surface area contributed by atoms with Gasteiger partial charge >= 0.3 is 5.97 Å². The Morgan fingerprint density at radius 3 is 2.80 bits per heavy atom. The molecule has 0 aromatic heterocycles. The Morgan fingerprint density at radius 1 is 1.70 bits per heavy atom. The van der Waals surface area contributed by atoms with Crippen molar-refractivity contribution in [2.24, 2.45) is 0 Å². The number of hydrogen-bond acceptors (Lipinski definition) is 3. The van der Waals surface area contributed by atoms with Crippen molar-refractivity contribution < 1.29 is 9.53 Å². The Labute approximate surface area is 63.3 Å². The highest BCUT2D eigenvalue weighted by Gasteiger charge is 2.19. The molecule has 0 spiro atoms. The van der Waals surface area contributed by atoms with E-state index in [1.54, 1.807) is 6.92 Å². The number of nitrogens with one attached hydrogen (secondary N) is 1. The van der Waals surface area contributed by atoms with Gasteiger partial charge < -0.3 is 10.1 Å². The van der Waals surface area contributed by atoms with Gasteiger partial charge in [0.15, 0.2) is 5.88 Å². The summed E-state index contributed by atoms with van der Waals surface area (Å²) in [6, 6.07) is 0. The van der Waals surface area contributed by atoms with Gasteiger partial charge in [-0.15, -0.1) is 0 Å². The molecule has 1 N–H and O–H groups in total. The second kappa shape index (κ2) is 2.34. The number of cyclic esters (lactones) is 1. The van der Waals surface area contributed by atoms with Gasteiger partial charge in [0.1, 0.15) is 5.03 Å². The van der Waals surface area contributed by atoms with Crippen LogP contribution in [0, 0.1) is 0 Å². The molecule has 0 saturated carbocycles. The van der Waals surface area contributed by atoms with Crippen LogP contribution in [0.25, 0.3) is 0 Å². The Balaban J connectivity index is 2.95. The van der Waals surface area contributed by atoms with Gasteiger partial charge in [-0.3, -0.25) is 0 Å². The van der Waals surface area contributed by atoms with Gasteiger partial charge in [0.25, 0.3) is 0 Å². The minimum atomic E-state index is -0.553. The van der Waals surface area contributed by atoms with Crippen molar-refractivity contribution in [1.29, 1.82) is 0 Å². The third-order valence-electron chi connectivity index (χ3n) is 1.05. The van der Waals surface area contributed by atoms with Crippen molar-refractivity contribution in [3.05, 3.63) is 23.2 Å². The van der Waals surface area contributed by atoms with Gasteiger partial charge in [0, 0.05) is 5.70 Å². The molecule has 0 aromatic carbocycles. The van der Waals surface area contributed by atoms with Gasteiger partial charge in [-0.25, -0.2) is 4.79 Å². The fourth-order valence-corrected chi connectivity index (χ4v) is 0.685. The Morgan fingerprint density at radius 2 is 2.30 bits per heavy atom. The van der Waals surface area contributed by atoms with Crippen molar-refractivity contribution in [2.45, 2.75) is 6.92 Å². The first-order chi connectivity index (χ1) is 4.61. The van der Waals surface area contributed by atoms with Crippen molar-refractivity contribution in [3.8, 4) is 0 Å². The lowest BCUT2D eigenvalue weighted by Gasteiger charge is -2.16. The SMILES string of the molecule is C=C1NC(C)=C(Cl)C(=O)O1. The highest BCUT2D eigenvalue weighted by atomic mass is 35.5. The topological polar surface area (TPSA) is 38.3 Å². The van der Waals surface area contributed by atoms with E-state index in [1.165, 1.54) is 0 Å². The molecule has 0 aliphatic carbocycles. The van der Waals surface area contributed by atoms with E-state index >= 15 is 0 Å². The molecule has 54 valence electrons. The van der Waals surface area contributed by atoms with Crippen LogP contribution in [0.4, 0.5) is 0 Å². The summed E-state index contributed by atoms with van der Waals surface area (Å²) in [7, 11) is 0. The number of hydrogen-bond donors (Lipinski definition) is 1. The summed E-state index contributed by atoms with van der Waals surface area (Å²) < 4.78 is 4.53. The van der Waals surface area contributed by atoms with E-state index < -0.39 is 5.97 Å². The van der Waals surface area contributed by atoms with Crippen LogP contribution in [0.1, 0.15) is 6.92 Å². The molecule has 0 atom stereocenters. The van der Waals surface area contributed by atoms with Crippen LogP contribution in [-0.4, -0.2) is 5.97 Å². The summed E-state index contributed by atoms with van der Waals surface area (Å²) in [6.45, 7) is 5.08. The largest absolute Gasteiger partial charge is 0.406 e. The summed E-state index contributed by atoms with van der Waals surface area (Å²) >= 11 is 5.48. The number of allylic oxidation sites excluding steroid dienone is 1. The van der Waals surface area contributed by atoms with E-state index in [4.69, 9.17) is 11.6 Å². The fraction of sp³-hybridized carbons (Fsp3) is 0.167. The Kier molecular flexibility index (Phi) is 1.68. The lowest BCUT2D eigenvalue weighted by atomic mass is 10.4. The van der Waals surface area contributed by atoms with Crippen LogP contribution in [-0.2, 0) is 9.53 Å². The molecule has 0 aromatic rings. The maximum atomic E-state index is 10.7. The van der Waals surface area contributed by atoms with E-state index in [0.717, 1.165) is 0 Å². The number of halogens is 1. The van der Waals surface area contributed by atoms with E-state index in [2.05, 4.69) is 16.6 Å². The number of carbonyl (C=O) groups excluding carboxylic acids is 1. The van der Waals surface area contributed by atoms with E-state index in [0.29, 0.717) is 5.70 Å². The molecule has 1 aliphatic heterocycles. The molecule has 1 rings (SSSR count). The summed E-state index contributed by atoms with van der Waals surface area (Å²) in [5.41, 5.74) is 0.572. The maximum Gasteiger partial charge on any atom is 0.358 e. The van der Waals surface area contributed by atoms with E-state index in [9.17, 15) is 4.79 Å². The zero-order valence-corrected chi connectivity index (χ0v) is 6.16. The molecule has 0 radical (unpaired) electrons. The zero-order valence-electron chi connectivity index (χ0n) is 5.40. The molecule has 1 aliphatic rings. The standard InChI is InChI=1S/C6H6ClNO2/c1-3-5(7)6(9)10-4(2)8-3/h8H,2H2,1H3. The van der Waals surface area contributed by atoms with E-state index in [-0.39, 0.29) is 10.9 Å². The van der Waals surface area contributed by atoms with Gasteiger partial charge in [0.2, 0.25) is 0 Å². The molecule has 4 heteroatoms. The monoisotopic (exact) mass is 159 g/mol. The van der Waals surface area contributed by atoms with Crippen LogP contribution in [0.15, 0.2) is 23.2 Å². The Bertz CT molecular complexity index is 232. The van der Waals surface area contributed by atoms with Crippen LogP contribution < -0.4 is 5.32 Å². The second-order valence-electron chi connectivity index (χ2n) is 1.88. The minimum absolute atomic E-state index is 0.0763. The number of rotatable bonds is 0. The first-order valence-corrected chi connectivity index (χ1v) is 3.03. The number of carbonyl (C=O) groups is 1. The third kappa shape index (κ3) is 1.14. The first kappa shape index (κ1) is 7.15. The highest BCUT2D eigenvalue weighted by Crippen LogP contribution is 2.16. The average Bonchev–Trinajstić information content (AvgIpc) is 1.82. The third-order valence-corrected chi connectivity index (χ3v) is 1.49. The minimum Gasteiger partial charge on any atom is -0.406 e. The maximum absolute atomic E-state index is 10.7. The lowest BCUT2D eigenvalue weighted by Crippen LogP contribution is -2.24. The number of ether oxygens (including phenoxy) is 1. The Hall–Kier alpha value is -0.960. The molecule has 0 saturated heterocycles. The van der Waals surface area contributed by atoms with Gasteiger partial charge in [-0.2, -0.15) is 0 Å². The average molecular weight is 160 g/mol. The molecule has 1 heterocycles. The van der Waals surface area contributed by atoms with Crippen molar-refractivity contribution in [3.63, 3.8) is 0 Å². The molecule has 0 bridgehead atoms. The van der Waals surface area contributed by atoms with Gasteiger partial charge in [-0.1, -0.05) is 11.6 Å². The van der Waals surface area contributed by atoms with Crippen molar-refractivity contribution >= 4 is 17.6 Å².